The summed E-state index contributed by atoms with van der Waals surface area (Å²) in [6.07, 6.45) is 4.67. The van der Waals surface area contributed by atoms with E-state index in [0.29, 0.717) is 24.5 Å². The smallest absolute Gasteiger partial charge is 0.253 e. The average molecular weight is 261 g/mol. The van der Waals surface area contributed by atoms with Crippen molar-refractivity contribution in [2.75, 3.05) is 26.3 Å². The van der Waals surface area contributed by atoms with E-state index in [2.05, 4.69) is 0 Å². The number of rotatable bonds is 1. The van der Waals surface area contributed by atoms with Crippen molar-refractivity contribution in [3.8, 4) is 11.5 Å². The summed E-state index contributed by atoms with van der Waals surface area (Å²) >= 11 is 0. The highest BCUT2D eigenvalue weighted by atomic mass is 16.6. The lowest BCUT2D eigenvalue weighted by atomic mass is 10.1. The Labute approximate surface area is 113 Å². The van der Waals surface area contributed by atoms with Crippen molar-refractivity contribution in [2.45, 2.75) is 25.7 Å². The average Bonchev–Trinajstić information content (AvgIpc) is 2.75. The predicted molar refractivity (Wildman–Crippen MR) is 71.8 cm³/mol. The monoisotopic (exact) mass is 261 g/mol. The highest BCUT2D eigenvalue weighted by Gasteiger charge is 2.20. The van der Waals surface area contributed by atoms with Gasteiger partial charge in [-0.2, -0.15) is 0 Å². The largest absolute Gasteiger partial charge is 0.486 e. The summed E-state index contributed by atoms with van der Waals surface area (Å²) in [5, 5.41) is 0. The van der Waals surface area contributed by atoms with Gasteiger partial charge in [-0.3, -0.25) is 4.79 Å². The molecule has 2 aliphatic rings. The molecule has 0 radical (unpaired) electrons. The van der Waals surface area contributed by atoms with Crippen LogP contribution < -0.4 is 9.47 Å². The molecule has 3 rings (SSSR count). The molecule has 1 saturated heterocycles. The Balaban J connectivity index is 1.78. The summed E-state index contributed by atoms with van der Waals surface area (Å²) in [7, 11) is 0. The molecule has 1 fully saturated rings. The molecule has 0 unspecified atom stereocenters. The molecule has 0 saturated carbocycles. The highest BCUT2D eigenvalue weighted by Crippen LogP contribution is 2.31. The van der Waals surface area contributed by atoms with Crippen LogP contribution in [0.25, 0.3) is 0 Å². The van der Waals surface area contributed by atoms with E-state index in [1.54, 1.807) is 0 Å². The molecule has 0 aliphatic carbocycles. The van der Waals surface area contributed by atoms with Crippen LogP contribution in [0.1, 0.15) is 36.0 Å². The van der Waals surface area contributed by atoms with Crippen LogP contribution in [0.5, 0.6) is 11.5 Å². The molecule has 1 aromatic rings. The molecule has 2 aliphatic heterocycles. The Morgan fingerprint density at radius 2 is 1.63 bits per heavy atom. The Kier molecular flexibility index (Phi) is 3.58. The zero-order valence-corrected chi connectivity index (χ0v) is 11.1. The molecule has 19 heavy (non-hydrogen) atoms. The number of benzene rings is 1. The molecular formula is C15H19NO3. The topological polar surface area (TPSA) is 38.8 Å². The lowest BCUT2D eigenvalue weighted by molar-refractivity contribution is 0.0760. The molecule has 102 valence electrons. The summed E-state index contributed by atoms with van der Waals surface area (Å²) in [6.45, 7) is 2.86. The third kappa shape index (κ3) is 2.67. The van der Waals surface area contributed by atoms with Crippen molar-refractivity contribution in [1.82, 2.24) is 4.90 Å². The first-order valence-corrected chi connectivity index (χ1v) is 7.03. The van der Waals surface area contributed by atoms with Crippen molar-refractivity contribution in [2.24, 2.45) is 0 Å². The van der Waals surface area contributed by atoms with E-state index >= 15 is 0 Å². The van der Waals surface area contributed by atoms with E-state index in [1.165, 1.54) is 12.8 Å². The van der Waals surface area contributed by atoms with E-state index in [4.69, 9.17) is 9.47 Å². The first kappa shape index (κ1) is 12.3. The van der Waals surface area contributed by atoms with Gasteiger partial charge >= 0.3 is 0 Å². The van der Waals surface area contributed by atoms with Crippen LogP contribution in [0.3, 0.4) is 0 Å². The van der Waals surface area contributed by atoms with Crippen LogP contribution in [0.2, 0.25) is 0 Å². The van der Waals surface area contributed by atoms with Gasteiger partial charge in [-0.1, -0.05) is 12.8 Å². The molecule has 0 bridgehead atoms. The lowest BCUT2D eigenvalue weighted by Gasteiger charge is -2.22. The minimum absolute atomic E-state index is 0.110. The summed E-state index contributed by atoms with van der Waals surface area (Å²) in [6, 6.07) is 5.47. The number of carbonyl (C=O) groups is 1. The Morgan fingerprint density at radius 1 is 0.947 bits per heavy atom. The van der Waals surface area contributed by atoms with Gasteiger partial charge in [0, 0.05) is 18.7 Å². The van der Waals surface area contributed by atoms with Gasteiger partial charge in [-0.25, -0.2) is 0 Å². The van der Waals surface area contributed by atoms with E-state index < -0.39 is 0 Å². The molecular weight excluding hydrogens is 242 g/mol. The normalized spacial score (nSPS) is 18.8. The second kappa shape index (κ2) is 5.51. The molecule has 1 aromatic carbocycles. The van der Waals surface area contributed by atoms with Crippen molar-refractivity contribution in [1.29, 1.82) is 0 Å². The minimum Gasteiger partial charge on any atom is -0.486 e. The maximum absolute atomic E-state index is 12.5. The summed E-state index contributed by atoms with van der Waals surface area (Å²) in [4.78, 5) is 14.4. The number of amides is 1. The van der Waals surface area contributed by atoms with Gasteiger partial charge in [0.05, 0.1) is 0 Å². The maximum Gasteiger partial charge on any atom is 0.253 e. The van der Waals surface area contributed by atoms with Crippen LogP contribution in [0.15, 0.2) is 18.2 Å². The van der Waals surface area contributed by atoms with Crippen LogP contribution in [0, 0.1) is 0 Å². The zero-order valence-electron chi connectivity index (χ0n) is 11.1. The Hall–Kier alpha value is -1.71. The third-order valence-electron chi connectivity index (χ3n) is 3.68. The molecule has 1 amide bonds. The van der Waals surface area contributed by atoms with E-state index in [9.17, 15) is 4.79 Å². The number of hydrogen-bond acceptors (Lipinski definition) is 3. The van der Waals surface area contributed by atoms with Crippen LogP contribution >= 0.6 is 0 Å². The number of hydrogen-bond donors (Lipinski definition) is 0. The standard InChI is InChI=1S/C15H19NO3/c17-15(16-7-3-1-2-4-8-16)12-5-6-13-14(11-12)19-10-9-18-13/h5-6,11H,1-4,7-10H2. The van der Waals surface area contributed by atoms with Crippen molar-refractivity contribution >= 4 is 5.91 Å². The fraction of sp³-hybridized carbons (Fsp3) is 0.533. The van der Waals surface area contributed by atoms with Gasteiger partial charge in [0.15, 0.2) is 11.5 Å². The Morgan fingerprint density at radius 3 is 2.37 bits per heavy atom. The second-order valence-electron chi connectivity index (χ2n) is 5.06. The van der Waals surface area contributed by atoms with Gasteiger partial charge in [-0.15, -0.1) is 0 Å². The quantitative estimate of drug-likeness (QED) is 0.779. The lowest BCUT2D eigenvalue weighted by Crippen LogP contribution is -2.31. The number of likely N-dealkylation sites (tertiary alicyclic amines) is 1. The summed E-state index contributed by atoms with van der Waals surface area (Å²) in [5.74, 6) is 1.53. The fourth-order valence-corrected chi connectivity index (χ4v) is 2.63. The molecule has 4 heteroatoms. The number of ether oxygens (including phenoxy) is 2. The minimum atomic E-state index is 0.110. The Bertz CT molecular complexity index is 464. The van der Waals surface area contributed by atoms with Crippen molar-refractivity contribution in [3.63, 3.8) is 0 Å². The molecule has 2 heterocycles. The second-order valence-corrected chi connectivity index (χ2v) is 5.06. The first-order chi connectivity index (χ1) is 9.34. The zero-order chi connectivity index (χ0) is 13.1. The van der Waals surface area contributed by atoms with Crippen molar-refractivity contribution in [3.05, 3.63) is 23.8 Å². The number of carbonyl (C=O) groups excluding carboxylic acids is 1. The number of nitrogens with zero attached hydrogens (tertiary/aromatic N) is 1. The number of fused-ring (bicyclic) bond motifs is 1. The van der Waals surface area contributed by atoms with Gasteiger partial charge in [-0.05, 0) is 31.0 Å². The molecule has 0 spiro atoms. The van der Waals surface area contributed by atoms with Crippen molar-refractivity contribution < 1.29 is 14.3 Å². The third-order valence-corrected chi connectivity index (χ3v) is 3.68. The fourth-order valence-electron chi connectivity index (χ4n) is 2.63. The van der Waals surface area contributed by atoms with E-state index in [1.807, 2.05) is 23.1 Å². The predicted octanol–water partition coefficient (Wildman–Crippen LogP) is 2.47. The van der Waals surface area contributed by atoms with Crippen LogP contribution in [0.4, 0.5) is 0 Å². The maximum atomic E-state index is 12.5. The van der Waals surface area contributed by atoms with Crippen LogP contribution in [-0.2, 0) is 0 Å². The summed E-state index contributed by atoms with van der Waals surface area (Å²) < 4.78 is 11.0. The summed E-state index contributed by atoms with van der Waals surface area (Å²) in [5.41, 5.74) is 0.700. The van der Waals surface area contributed by atoms with Gasteiger partial charge in [0.1, 0.15) is 13.2 Å². The molecule has 4 nitrogen and oxygen atoms in total. The molecule has 0 aromatic heterocycles. The van der Waals surface area contributed by atoms with Gasteiger partial charge in [0.2, 0.25) is 0 Å². The molecule has 0 N–H and O–H groups in total. The van der Waals surface area contributed by atoms with Crippen LogP contribution in [-0.4, -0.2) is 37.1 Å². The first-order valence-electron chi connectivity index (χ1n) is 7.03. The van der Waals surface area contributed by atoms with E-state index in [0.717, 1.165) is 31.7 Å². The SMILES string of the molecule is O=C(c1ccc2c(c1)OCCO2)N1CCCCCC1. The van der Waals surface area contributed by atoms with Gasteiger partial charge < -0.3 is 14.4 Å². The van der Waals surface area contributed by atoms with E-state index in [-0.39, 0.29) is 5.91 Å². The highest BCUT2D eigenvalue weighted by molar-refractivity contribution is 5.95. The molecule has 0 atom stereocenters. The van der Waals surface area contributed by atoms with Gasteiger partial charge in [0.25, 0.3) is 5.91 Å².